The predicted octanol–water partition coefficient (Wildman–Crippen LogP) is 4.79. The molecule has 5 nitrogen and oxygen atoms in total. The average molecular weight is 395 g/mol. The van der Waals surface area contributed by atoms with Crippen molar-refractivity contribution in [3.05, 3.63) is 47.5 Å². The molecular weight excluding hydrogens is 366 g/mol. The zero-order chi connectivity index (χ0) is 20.0. The van der Waals surface area contributed by atoms with E-state index in [1.165, 1.54) is 18.4 Å². The highest BCUT2D eigenvalue weighted by molar-refractivity contribution is 5.58. The van der Waals surface area contributed by atoms with E-state index >= 15 is 0 Å². The van der Waals surface area contributed by atoms with Crippen LogP contribution >= 0.6 is 0 Å². The summed E-state index contributed by atoms with van der Waals surface area (Å²) < 4.78 is 24.1. The van der Waals surface area contributed by atoms with Gasteiger partial charge in [-0.1, -0.05) is 25.1 Å². The molecule has 29 heavy (non-hydrogen) atoms. The molecule has 0 aliphatic carbocycles. The van der Waals surface area contributed by atoms with Crippen molar-refractivity contribution in [2.24, 2.45) is 5.92 Å². The van der Waals surface area contributed by atoms with Gasteiger partial charge >= 0.3 is 0 Å². The van der Waals surface area contributed by atoms with Crippen LogP contribution in [0.1, 0.15) is 50.7 Å². The Morgan fingerprint density at radius 3 is 2.52 bits per heavy atom. The third-order valence-corrected chi connectivity index (χ3v) is 6.79. The fraction of sp³-hybridized carbons (Fsp3) is 0.500. The fourth-order valence-electron chi connectivity index (χ4n) is 5.14. The second kappa shape index (κ2) is 7.13. The first kappa shape index (κ1) is 18.6. The molecule has 1 fully saturated rings. The molecule has 0 bridgehead atoms. The van der Waals surface area contributed by atoms with E-state index in [-0.39, 0.29) is 24.4 Å². The quantitative estimate of drug-likeness (QED) is 0.745. The largest absolute Gasteiger partial charge is 0.494 e. The van der Waals surface area contributed by atoms with E-state index < -0.39 is 0 Å². The van der Waals surface area contributed by atoms with Crippen LogP contribution in [0.3, 0.4) is 0 Å². The molecule has 0 spiro atoms. The van der Waals surface area contributed by atoms with Crippen molar-refractivity contribution in [1.29, 1.82) is 0 Å². The van der Waals surface area contributed by atoms with E-state index in [0.29, 0.717) is 6.61 Å². The van der Waals surface area contributed by atoms with Crippen molar-refractivity contribution in [1.82, 2.24) is 4.90 Å². The first-order chi connectivity index (χ1) is 14.1. The van der Waals surface area contributed by atoms with Gasteiger partial charge < -0.3 is 18.9 Å². The topological polar surface area (TPSA) is 40.2 Å². The summed E-state index contributed by atoms with van der Waals surface area (Å²) in [5.41, 5.74) is 1.96. The second-order valence-electron chi connectivity index (χ2n) is 8.33. The molecule has 0 aromatic heterocycles. The Hall–Kier alpha value is -2.40. The van der Waals surface area contributed by atoms with Gasteiger partial charge in [-0.05, 0) is 38.8 Å². The lowest BCUT2D eigenvalue weighted by Crippen LogP contribution is -2.57. The predicted molar refractivity (Wildman–Crippen MR) is 111 cm³/mol. The van der Waals surface area contributed by atoms with Crippen molar-refractivity contribution in [3.63, 3.8) is 0 Å². The maximum absolute atomic E-state index is 6.74. The van der Waals surface area contributed by atoms with Gasteiger partial charge in [0.25, 0.3) is 0 Å². The van der Waals surface area contributed by atoms with Crippen molar-refractivity contribution in [2.45, 2.75) is 45.3 Å². The second-order valence-corrected chi connectivity index (χ2v) is 8.33. The number of ether oxygens (including phenoxy) is 4. The molecule has 1 saturated heterocycles. The molecule has 0 saturated carbocycles. The molecule has 3 atom stereocenters. The summed E-state index contributed by atoms with van der Waals surface area (Å²) >= 11 is 0. The molecule has 3 aliphatic rings. The van der Waals surface area contributed by atoms with Gasteiger partial charge in [-0.3, -0.25) is 4.90 Å². The van der Waals surface area contributed by atoms with Gasteiger partial charge in [-0.2, -0.15) is 0 Å². The highest BCUT2D eigenvalue weighted by Crippen LogP contribution is 2.54. The molecule has 154 valence electrons. The van der Waals surface area contributed by atoms with Crippen LogP contribution in [-0.4, -0.2) is 37.1 Å². The van der Waals surface area contributed by atoms with Crippen LogP contribution in [-0.2, 0) is 0 Å². The first-order valence-corrected chi connectivity index (χ1v) is 10.7. The molecule has 0 amide bonds. The molecule has 0 radical (unpaired) electrons. The fourth-order valence-corrected chi connectivity index (χ4v) is 5.14. The number of para-hydroxylation sites is 1. The molecule has 2 aromatic rings. The minimum atomic E-state index is -0.388. The van der Waals surface area contributed by atoms with E-state index in [1.54, 1.807) is 0 Å². The number of nitrogens with zero attached hydrogens (tertiary/aromatic N) is 1. The average Bonchev–Trinajstić information content (AvgIpc) is 3.41. The van der Waals surface area contributed by atoms with Crippen LogP contribution < -0.4 is 18.9 Å². The zero-order valence-electron chi connectivity index (χ0n) is 17.4. The smallest absolute Gasteiger partial charge is 0.231 e. The van der Waals surface area contributed by atoms with Crippen molar-refractivity contribution in [2.75, 3.05) is 26.5 Å². The Labute approximate surface area is 172 Å². The van der Waals surface area contributed by atoms with E-state index in [9.17, 15) is 0 Å². The van der Waals surface area contributed by atoms with Crippen LogP contribution in [0.15, 0.2) is 36.4 Å². The molecule has 0 N–H and O–H groups in total. The van der Waals surface area contributed by atoms with Gasteiger partial charge in [0.2, 0.25) is 6.79 Å². The monoisotopic (exact) mass is 395 g/mol. The zero-order valence-corrected chi connectivity index (χ0v) is 17.4. The summed E-state index contributed by atoms with van der Waals surface area (Å²) in [5.74, 6) is 3.76. The summed E-state index contributed by atoms with van der Waals surface area (Å²) in [6.45, 7) is 9.63. The van der Waals surface area contributed by atoms with E-state index in [4.69, 9.17) is 18.9 Å². The molecule has 3 aliphatic heterocycles. The number of benzene rings is 2. The lowest BCUT2D eigenvalue weighted by atomic mass is 9.73. The molecule has 0 unspecified atom stereocenters. The standard InChI is InChI=1S/C24H29NO4/c1-4-26-19-10-6-5-9-17(19)23-16(2)24(3,25-11-7-8-12-25)29-20-14-22-21(13-18(20)23)27-15-28-22/h5-6,9-10,13-14,16,23H,4,7-8,11-12,15H2,1-3H3/t16-,23-,24-/m1/s1. The first-order valence-electron chi connectivity index (χ1n) is 10.7. The lowest BCUT2D eigenvalue weighted by Gasteiger charge is -2.50. The van der Waals surface area contributed by atoms with Gasteiger partial charge in [0.15, 0.2) is 17.2 Å². The number of fused-ring (bicyclic) bond motifs is 2. The molecule has 5 rings (SSSR count). The van der Waals surface area contributed by atoms with Crippen LogP contribution in [0.5, 0.6) is 23.0 Å². The number of hydrogen-bond donors (Lipinski definition) is 0. The number of rotatable bonds is 4. The summed E-state index contributed by atoms with van der Waals surface area (Å²) in [7, 11) is 0. The molecule has 5 heteroatoms. The van der Waals surface area contributed by atoms with E-state index in [0.717, 1.165) is 41.7 Å². The Morgan fingerprint density at radius 1 is 1.03 bits per heavy atom. The highest BCUT2D eigenvalue weighted by atomic mass is 16.7. The SMILES string of the molecule is CCOc1ccccc1[C@@H]1c2cc3c(cc2O[C@@](C)(N2CCCC2)[C@@H]1C)OCO3. The van der Waals surface area contributed by atoms with Gasteiger partial charge in [-0.25, -0.2) is 0 Å². The van der Waals surface area contributed by atoms with Gasteiger partial charge in [0, 0.05) is 42.1 Å². The summed E-state index contributed by atoms with van der Waals surface area (Å²) in [5, 5.41) is 0. The van der Waals surface area contributed by atoms with Crippen LogP contribution in [0, 0.1) is 5.92 Å². The van der Waals surface area contributed by atoms with Gasteiger partial charge in [0.1, 0.15) is 11.5 Å². The minimum absolute atomic E-state index is 0.140. The van der Waals surface area contributed by atoms with Gasteiger partial charge in [-0.15, -0.1) is 0 Å². The summed E-state index contributed by atoms with van der Waals surface area (Å²) in [6.07, 6.45) is 2.44. The maximum atomic E-state index is 6.74. The van der Waals surface area contributed by atoms with Crippen LogP contribution in [0.4, 0.5) is 0 Å². The lowest BCUT2D eigenvalue weighted by molar-refractivity contribution is -0.114. The van der Waals surface area contributed by atoms with Crippen molar-refractivity contribution in [3.8, 4) is 23.0 Å². The highest BCUT2D eigenvalue weighted by Gasteiger charge is 2.50. The van der Waals surface area contributed by atoms with Crippen LogP contribution in [0.2, 0.25) is 0 Å². The van der Waals surface area contributed by atoms with Crippen molar-refractivity contribution < 1.29 is 18.9 Å². The van der Waals surface area contributed by atoms with Crippen molar-refractivity contribution >= 4 is 0 Å². The van der Waals surface area contributed by atoms with E-state index in [1.807, 2.05) is 19.1 Å². The Balaban J connectivity index is 1.68. The minimum Gasteiger partial charge on any atom is -0.494 e. The van der Waals surface area contributed by atoms with E-state index in [2.05, 4.69) is 43.0 Å². The van der Waals surface area contributed by atoms with Crippen LogP contribution in [0.25, 0.3) is 0 Å². The van der Waals surface area contributed by atoms with Gasteiger partial charge in [0.05, 0.1) is 6.61 Å². The molecular formula is C24H29NO4. The third kappa shape index (κ3) is 2.94. The normalized spacial score (nSPS) is 28.1. The molecule has 2 aromatic carbocycles. The maximum Gasteiger partial charge on any atom is 0.231 e. The Kier molecular flexibility index (Phi) is 4.58. The Bertz CT molecular complexity index is 908. The Morgan fingerprint density at radius 2 is 1.76 bits per heavy atom. The summed E-state index contributed by atoms with van der Waals surface area (Å²) in [6, 6.07) is 12.5. The number of hydrogen-bond acceptors (Lipinski definition) is 5. The summed E-state index contributed by atoms with van der Waals surface area (Å²) in [4.78, 5) is 2.50. The number of likely N-dealkylation sites (tertiary alicyclic amines) is 1. The molecule has 3 heterocycles. The third-order valence-electron chi connectivity index (χ3n) is 6.79.